The largest absolute Gasteiger partial charge is 0.480 e. The van der Waals surface area contributed by atoms with Crippen molar-refractivity contribution in [2.45, 2.75) is 37.3 Å². The van der Waals surface area contributed by atoms with Crippen molar-refractivity contribution in [2.24, 2.45) is 5.73 Å². The molecule has 94 valence electrons. The van der Waals surface area contributed by atoms with Gasteiger partial charge in [-0.15, -0.1) is 11.8 Å². The van der Waals surface area contributed by atoms with Crippen LogP contribution >= 0.6 is 11.8 Å². The van der Waals surface area contributed by atoms with Crippen LogP contribution in [-0.2, 0) is 10.5 Å². The van der Waals surface area contributed by atoms with E-state index >= 15 is 0 Å². The zero-order valence-electron chi connectivity index (χ0n) is 10.3. The first-order valence-corrected chi connectivity index (χ1v) is 6.36. The Kier molecular flexibility index (Phi) is 4.54. The number of carbonyl (C=O) groups is 1. The highest BCUT2D eigenvalue weighted by Gasteiger charge is 2.32. The van der Waals surface area contributed by atoms with E-state index in [2.05, 4.69) is 4.98 Å². The Morgan fingerprint density at radius 2 is 2.29 bits per heavy atom. The Morgan fingerprint density at radius 3 is 2.82 bits per heavy atom. The number of pyridine rings is 1. The van der Waals surface area contributed by atoms with Crippen LogP contribution in [0.1, 0.15) is 25.1 Å². The number of hydrogen-bond donors (Lipinski definition) is 2. The molecule has 0 aliphatic heterocycles. The molecule has 5 heteroatoms. The summed E-state index contributed by atoms with van der Waals surface area (Å²) in [7, 11) is 0. The van der Waals surface area contributed by atoms with Crippen molar-refractivity contribution in [3.63, 3.8) is 0 Å². The van der Waals surface area contributed by atoms with Gasteiger partial charge >= 0.3 is 5.97 Å². The van der Waals surface area contributed by atoms with Crippen LogP contribution in [0.3, 0.4) is 0 Å². The predicted molar refractivity (Wildman–Crippen MR) is 70.0 cm³/mol. The quantitative estimate of drug-likeness (QED) is 0.838. The number of aliphatic carboxylic acids is 1. The number of hydrogen-bond acceptors (Lipinski definition) is 4. The molecule has 0 fully saturated rings. The molecule has 0 amide bonds. The molecule has 0 aliphatic rings. The van der Waals surface area contributed by atoms with Crippen molar-refractivity contribution in [1.29, 1.82) is 0 Å². The van der Waals surface area contributed by atoms with Crippen molar-refractivity contribution < 1.29 is 9.90 Å². The second-order valence-electron chi connectivity index (χ2n) is 4.48. The van der Waals surface area contributed by atoms with Crippen LogP contribution in [-0.4, -0.2) is 26.8 Å². The fourth-order valence-electron chi connectivity index (χ4n) is 1.31. The number of nitrogens with zero attached hydrogens (tertiary/aromatic N) is 1. The Labute approximate surface area is 106 Å². The van der Waals surface area contributed by atoms with Gasteiger partial charge in [-0.2, -0.15) is 0 Å². The summed E-state index contributed by atoms with van der Waals surface area (Å²) in [5.74, 6) is -0.305. The lowest BCUT2D eigenvalue weighted by atomic mass is 10.1. The predicted octanol–water partition coefficient (Wildman–Crippen LogP) is 1.81. The average Bonchev–Trinajstić information content (AvgIpc) is 2.27. The first kappa shape index (κ1) is 14.0. The minimum Gasteiger partial charge on any atom is -0.480 e. The highest BCUT2D eigenvalue weighted by atomic mass is 32.2. The number of rotatable bonds is 5. The van der Waals surface area contributed by atoms with Crippen LogP contribution < -0.4 is 5.73 Å². The van der Waals surface area contributed by atoms with Gasteiger partial charge in [0.1, 0.15) is 6.04 Å². The molecule has 17 heavy (non-hydrogen) atoms. The third-order valence-electron chi connectivity index (χ3n) is 2.71. The molecule has 0 radical (unpaired) electrons. The summed E-state index contributed by atoms with van der Waals surface area (Å²) >= 11 is 1.51. The average molecular weight is 254 g/mol. The number of aromatic nitrogens is 1. The molecule has 0 spiro atoms. The molecule has 0 saturated carbocycles. The van der Waals surface area contributed by atoms with Crippen LogP contribution in [0.2, 0.25) is 0 Å². The molecular weight excluding hydrogens is 236 g/mol. The lowest BCUT2D eigenvalue weighted by Crippen LogP contribution is -2.46. The smallest absolute Gasteiger partial charge is 0.321 e. The van der Waals surface area contributed by atoms with Gasteiger partial charge in [0.15, 0.2) is 0 Å². The van der Waals surface area contributed by atoms with Gasteiger partial charge in [-0.25, -0.2) is 0 Å². The van der Waals surface area contributed by atoms with Gasteiger partial charge in [0, 0.05) is 16.7 Å². The van der Waals surface area contributed by atoms with Crippen LogP contribution in [0.5, 0.6) is 0 Å². The molecule has 0 bridgehead atoms. The van der Waals surface area contributed by atoms with Crippen LogP contribution in [0.4, 0.5) is 0 Å². The Balaban J connectivity index is 2.67. The maximum Gasteiger partial charge on any atom is 0.321 e. The fraction of sp³-hybridized carbons (Fsp3) is 0.500. The summed E-state index contributed by atoms with van der Waals surface area (Å²) in [4.78, 5) is 15.1. The second-order valence-corrected chi connectivity index (χ2v) is 6.10. The summed E-state index contributed by atoms with van der Waals surface area (Å²) in [6, 6.07) is 3.00. The topological polar surface area (TPSA) is 76.2 Å². The highest BCUT2D eigenvalue weighted by Crippen LogP contribution is 2.30. The molecule has 1 aromatic rings. The summed E-state index contributed by atoms with van der Waals surface area (Å²) in [5, 5.41) is 8.92. The van der Waals surface area contributed by atoms with Gasteiger partial charge in [0.05, 0.1) is 5.69 Å². The SMILES string of the molecule is Cc1cccnc1CSC(C)(C)[C@H](N)C(=O)O. The first-order chi connectivity index (χ1) is 7.84. The van der Waals surface area contributed by atoms with E-state index in [0.29, 0.717) is 5.75 Å². The van der Waals surface area contributed by atoms with E-state index < -0.39 is 16.8 Å². The van der Waals surface area contributed by atoms with Gasteiger partial charge in [0.25, 0.3) is 0 Å². The molecule has 1 rings (SSSR count). The Hall–Kier alpha value is -1.07. The molecule has 1 heterocycles. The third-order valence-corrected chi connectivity index (χ3v) is 4.13. The number of aryl methyl sites for hydroxylation is 1. The fourth-order valence-corrected chi connectivity index (χ4v) is 2.40. The normalized spacial score (nSPS) is 13.4. The van der Waals surface area contributed by atoms with Gasteiger partial charge in [-0.1, -0.05) is 6.07 Å². The monoisotopic (exact) mass is 254 g/mol. The number of carboxylic acids is 1. The molecular formula is C12H18N2O2S. The summed E-state index contributed by atoms with van der Waals surface area (Å²) < 4.78 is -0.518. The van der Waals surface area contributed by atoms with Gasteiger partial charge in [-0.3, -0.25) is 9.78 Å². The van der Waals surface area contributed by atoms with E-state index in [9.17, 15) is 4.79 Å². The van der Waals surface area contributed by atoms with Crippen LogP contribution in [0, 0.1) is 6.92 Å². The maximum absolute atomic E-state index is 10.9. The van der Waals surface area contributed by atoms with E-state index in [4.69, 9.17) is 10.8 Å². The van der Waals surface area contributed by atoms with E-state index in [1.54, 1.807) is 6.20 Å². The highest BCUT2D eigenvalue weighted by molar-refractivity contribution is 7.99. The van der Waals surface area contributed by atoms with Crippen LogP contribution in [0.25, 0.3) is 0 Å². The number of thioether (sulfide) groups is 1. The summed E-state index contributed by atoms with van der Waals surface area (Å²) in [6.07, 6.45) is 1.74. The van der Waals surface area contributed by atoms with Crippen LogP contribution in [0.15, 0.2) is 18.3 Å². The standard InChI is InChI=1S/C12H18N2O2S/c1-8-5-4-6-14-9(8)7-17-12(2,3)10(13)11(15)16/h4-6,10H,7,13H2,1-3H3,(H,15,16)/t10-/m1/s1. The van der Waals surface area contributed by atoms with E-state index in [1.165, 1.54) is 11.8 Å². The molecule has 4 nitrogen and oxygen atoms in total. The van der Waals surface area contributed by atoms with Crippen molar-refractivity contribution in [3.8, 4) is 0 Å². The van der Waals surface area contributed by atoms with Crippen molar-refractivity contribution in [1.82, 2.24) is 4.98 Å². The summed E-state index contributed by atoms with van der Waals surface area (Å²) in [5.41, 5.74) is 7.74. The van der Waals surface area contributed by atoms with Crippen molar-refractivity contribution in [2.75, 3.05) is 0 Å². The van der Waals surface area contributed by atoms with Crippen molar-refractivity contribution in [3.05, 3.63) is 29.6 Å². The first-order valence-electron chi connectivity index (χ1n) is 5.37. The molecule has 0 unspecified atom stereocenters. The zero-order chi connectivity index (χ0) is 13.1. The number of nitrogens with two attached hydrogens (primary N) is 1. The second kappa shape index (κ2) is 5.51. The third kappa shape index (κ3) is 3.71. The Bertz CT molecular complexity index is 407. The van der Waals surface area contributed by atoms with Crippen molar-refractivity contribution >= 4 is 17.7 Å². The van der Waals surface area contributed by atoms with E-state index in [0.717, 1.165) is 11.3 Å². The minimum atomic E-state index is -0.972. The molecule has 1 atom stereocenters. The Morgan fingerprint density at radius 1 is 1.65 bits per heavy atom. The van der Waals surface area contributed by atoms with Gasteiger partial charge < -0.3 is 10.8 Å². The number of carboxylic acid groups (broad SMARTS) is 1. The molecule has 0 saturated heterocycles. The van der Waals surface area contributed by atoms with Gasteiger partial charge in [-0.05, 0) is 32.4 Å². The van der Waals surface area contributed by atoms with E-state index in [-0.39, 0.29) is 0 Å². The summed E-state index contributed by atoms with van der Waals surface area (Å²) in [6.45, 7) is 5.68. The lowest BCUT2D eigenvalue weighted by Gasteiger charge is -2.28. The maximum atomic E-state index is 10.9. The molecule has 1 aromatic heterocycles. The van der Waals surface area contributed by atoms with E-state index in [1.807, 2.05) is 32.9 Å². The molecule has 0 aliphatic carbocycles. The minimum absolute atomic E-state index is 0.518. The van der Waals surface area contributed by atoms with Gasteiger partial charge in [0.2, 0.25) is 0 Å². The molecule has 3 N–H and O–H groups in total. The molecule has 0 aromatic carbocycles. The lowest BCUT2D eigenvalue weighted by molar-refractivity contribution is -0.139. The zero-order valence-corrected chi connectivity index (χ0v) is 11.1.